The van der Waals surface area contributed by atoms with E-state index < -0.39 is 66.2 Å². The molecule has 204 valence electrons. The lowest BCUT2D eigenvalue weighted by Crippen LogP contribution is -2.57. The smallest absolute Gasteiger partial charge is 0.326 e. The molecule has 4 unspecified atom stereocenters. The SMILES string of the molecule is NC(=O)CCC(NC(=O)C(CS)NC(=O)C(CCC(=O)O)NC(=O)C(N)Cc1ccc(O)cc1)C(=O)O. The Bertz CT molecular complexity index is 989. The molecule has 15 heteroatoms. The third kappa shape index (κ3) is 11.6. The number of nitrogens with two attached hydrogens (primary N) is 2. The van der Waals surface area contributed by atoms with Crippen molar-refractivity contribution in [3.05, 3.63) is 29.8 Å². The zero-order valence-corrected chi connectivity index (χ0v) is 20.6. The zero-order valence-electron chi connectivity index (χ0n) is 19.8. The van der Waals surface area contributed by atoms with Crippen molar-refractivity contribution in [1.29, 1.82) is 0 Å². The fraction of sp³-hybridized carbons (Fsp3) is 0.455. The highest BCUT2D eigenvalue weighted by Crippen LogP contribution is 2.11. The van der Waals surface area contributed by atoms with E-state index in [0.29, 0.717) is 5.56 Å². The molecule has 0 fully saturated rings. The molecule has 0 aliphatic rings. The molecule has 0 aliphatic carbocycles. The van der Waals surface area contributed by atoms with Gasteiger partial charge in [0, 0.05) is 18.6 Å². The number of rotatable bonds is 16. The van der Waals surface area contributed by atoms with Crippen LogP contribution in [0.15, 0.2) is 24.3 Å². The summed E-state index contributed by atoms with van der Waals surface area (Å²) in [5, 5.41) is 34.5. The lowest BCUT2D eigenvalue weighted by Gasteiger charge is -2.24. The van der Waals surface area contributed by atoms with Crippen LogP contribution in [0.5, 0.6) is 5.75 Å². The third-order valence-corrected chi connectivity index (χ3v) is 5.48. The van der Waals surface area contributed by atoms with Gasteiger partial charge in [0.25, 0.3) is 0 Å². The normalized spacial score (nSPS) is 13.9. The number of phenolic OH excluding ortho intramolecular Hbond substituents is 1. The number of nitrogens with one attached hydrogen (secondary N) is 3. The number of aromatic hydroxyl groups is 1. The van der Waals surface area contributed by atoms with Crippen molar-refractivity contribution in [3.8, 4) is 5.75 Å². The molecule has 0 saturated heterocycles. The lowest BCUT2D eigenvalue weighted by molar-refractivity contribution is -0.142. The van der Waals surface area contributed by atoms with Gasteiger partial charge in [0.2, 0.25) is 23.6 Å². The average Bonchev–Trinajstić information content (AvgIpc) is 2.83. The number of hydrogen-bond acceptors (Lipinski definition) is 9. The number of carbonyl (C=O) groups excluding carboxylic acids is 4. The molecule has 0 aliphatic heterocycles. The summed E-state index contributed by atoms with van der Waals surface area (Å²) in [6, 6.07) is 0.635. The van der Waals surface area contributed by atoms with Crippen LogP contribution in [-0.4, -0.2) is 80.8 Å². The predicted octanol–water partition coefficient (Wildman–Crippen LogP) is -2.14. The Labute approximate surface area is 217 Å². The van der Waals surface area contributed by atoms with Crippen molar-refractivity contribution < 1.29 is 44.1 Å². The van der Waals surface area contributed by atoms with E-state index in [1.807, 2.05) is 0 Å². The number of carboxylic acid groups (broad SMARTS) is 2. The van der Waals surface area contributed by atoms with Crippen molar-refractivity contribution >= 4 is 48.2 Å². The standard InChI is InChI=1S/C22H31N5O9S/c23-13(9-11-1-3-12(28)4-2-11)19(32)25-14(6-8-18(30)31)20(33)27-16(10-37)21(34)26-15(22(35)36)5-7-17(24)29/h1-4,13-16,28,37H,5-10,23H2,(H2,24,29)(H,25,32)(H,26,34)(H,27,33)(H,30,31)(H,35,36). The van der Waals surface area contributed by atoms with Crippen LogP contribution in [0.3, 0.4) is 0 Å². The van der Waals surface area contributed by atoms with Gasteiger partial charge in [-0.05, 0) is 37.0 Å². The topological polar surface area (TPSA) is 251 Å². The van der Waals surface area contributed by atoms with Gasteiger partial charge in [0.1, 0.15) is 23.9 Å². The fourth-order valence-electron chi connectivity index (χ4n) is 3.08. The zero-order chi connectivity index (χ0) is 28.1. The first-order chi connectivity index (χ1) is 17.3. The lowest BCUT2D eigenvalue weighted by atomic mass is 10.0. The van der Waals surface area contributed by atoms with Crippen LogP contribution in [0.1, 0.15) is 31.2 Å². The molecule has 1 aromatic rings. The summed E-state index contributed by atoms with van der Waals surface area (Å²) in [5.41, 5.74) is 11.5. The van der Waals surface area contributed by atoms with E-state index in [1.54, 1.807) is 12.1 Å². The number of carboxylic acids is 2. The Hall–Kier alpha value is -3.85. The molecule has 1 aromatic carbocycles. The summed E-state index contributed by atoms with van der Waals surface area (Å²) >= 11 is 3.99. The van der Waals surface area contributed by atoms with Gasteiger partial charge in [-0.1, -0.05) is 12.1 Å². The van der Waals surface area contributed by atoms with E-state index in [4.69, 9.17) is 16.6 Å². The van der Waals surface area contributed by atoms with Gasteiger partial charge < -0.3 is 42.7 Å². The van der Waals surface area contributed by atoms with Crippen molar-refractivity contribution in [2.75, 3.05) is 5.75 Å². The monoisotopic (exact) mass is 541 g/mol. The quantitative estimate of drug-likeness (QED) is 0.103. The summed E-state index contributed by atoms with van der Waals surface area (Å²) in [5.74, 6) is -6.26. The minimum Gasteiger partial charge on any atom is -0.508 e. The van der Waals surface area contributed by atoms with Gasteiger partial charge in [-0.3, -0.25) is 24.0 Å². The minimum absolute atomic E-state index is 0.0255. The molecule has 37 heavy (non-hydrogen) atoms. The van der Waals surface area contributed by atoms with E-state index in [2.05, 4.69) is 28.6 Å². The largest absolute Gasteiger partial charge is 0.508 e. The molecule has 0 saturated carbocycles. The molecule has 0 radical (unpaired) electrons. The predicted molar refractivity (Wildman–Crippen MR) is 132 cm³/mol. The molecule has 10 N–H and O–H groups in total. The second kappa shape index (κ2) is 15.3. The fourth-order valence-corrected chi connectivity index (χ4v) is 3.33. The number of thiol groups is 1. The summed E-state index contributed by atoms with van der Waals surface area (Å²) in [4.78, 5) is 71.3. The first-order valence-corrected chi connectivity index (χ1v) is 11.8. The molecule has 0 bridgehead atoms. The third-order valence-electron chi connectivity index (χ3n) is 5.12. The van der Waals surface area contributed by atoms with Crippen LogP contribution < -0.4 is 27.4 Å². The van der Waals surface area contributed by atoms with Gasteiger partial charge >= 0.3 is 11.9 Å². The number of phenols is 1. The second-order valence-electron chi connectivity index (χ2n) is 8.12. The Kier molecular flexibility index (Phi) is 12.9. The number of carbonyl (C=O) groups is 6. The van der Waals surface area contributed by atoms with E-state index in [1.165, 1.54) is 12.1 Å². The molecule has 0 aromatic heterocycles. The highest BCUT2D eigenvalue weighted by atomic mass is 32.1. The molecule has 1 rings (SSSR count). The average molecular weight is 542 g/mol. The van der Waals surface area contributed by atoms with Crippen LogP contribution in [0.2, 0.25) is 0 Å². The van der Waals surface area contributed by atoms with Crippen LogP contribution in [0.25, 0.3) is 0 Å². The maximum Gasteiger partial charge on any atom is 0.326 e. The summed E-state index contributed by atoms with van der Waals surface area (Å²) in [6.07, 6.45) is -1.33. The molecule has 0 spiro atoms. The number of aliphatic carboxylic acids is 2. The number of hydrogen-bond donors (Lipinski definition) is 9. The number of amides is 4. The maximum atomic E-state index is 12.8. The van der Waals surface area contributed by atoms with Gasteiger partial charge in [-0.2, -0.15) is 12.6 Å². The van der Waals surface area contributed by atoms with Crippen LogP contribution in [0, 0.1) is 0 Å². The highest BCUT2D eigenvalue weighted by Gasteiger charge is 2.30. The van der Waals surface area contributed by atoms with E-state index in [9.17, 15) is 39.0 Å². The molecule has 14 nitrogen and oxygen atoms in total. The summed E-state index contributed by atoms with van der Waals surface area (Å²) in [6.45, 7) is 0. The van der Waals surface area contributed by atoms with Crippen molar-refractivity contribution in [3.63, 3.8) is 0 Å². The second-order valence-corrected chi connectivity index (χ2v) is 8.48. The van der Waals surface area contributed by atoms with Gasteiger partial charge in [0.05, 0.1) is 6.04 Å². The van der Waals surface area contributed by atoms with E-state index in [0.717, 1.165) is 0 Å². The first-order valence-electron chi connectivity index (χ1n) is 11.1. The molecular formula is C22H31N5O9S. The van der Waals surface area contributed by atoms with Crippen molar-refractivity contribution in [1.82, 2.24) is 16.0 Å². The number of benzene rings is 1. The minimum atomic E-state index is -1.46. The van der Waals surface area contributed by atoms with Crippen LogP contribution >= 0.6 is 12.6 Å². The van der Waals surface area contributed by atoms with E-state index in [-0.39, 0.29) is 37.2 Å². The summed E-state index contributed by atoms with van der Waals surface area (Å²) in [7, 11) is 0. The highest BCUT2D eigenvalue weighted by molar-refractivity contribution is 7.80. The molecule has 4 atom stereocenters. The Morgan fingerprint density at radius 1 is 0.811 bits per heavy atom. The Morgan fingerprint density at radius 3 is 1.84 bits per heavy atom. The van der Waals surface area contributed by atoms with Crippen molar-refractivity contribution in [2.45, 2.75) is 56.3 Å². The molecule has 0 heterocycles. The van der Waals surface area contributed by atoms with Crippen molar-refractivity contribution in [2.24, 2.45) is 11.5 Å². The van der Waals surface area contributed by atoms with Gasteiger partial charge in [-0.25, -0.2) is 4.79 Å². The Morgan fingerprint density at radius 2 is 1.32 bits per heavy atom. The van der Waals surface area contributed by atoms with Gasteiger partial charge in [-0.15, -0.1) is 0 Å². The number of primary amides is 1. The van der Waals surface area contributed by atoms with Gasteiger partial charge in [0.15, 0.2) is 0 Å². The summed E-state index contributed by atoms with van der Waals surface area (Å²) < 4.78 is 0. The van der Waals surface area contributed by atoms with E-state index >= 15 is 0 Å². The van der Waals surface area contributed by atoms with Crippen LogP contribution in [0.4, 0.5) is 0 Å². The molecular weight excluding hydrogens is 510 g/mol. The van der Waals surface area contributed by atoms with Crippen LogP contribution in [-0.2, 0) is 35.2 Å². The Balaban J connectivity index is 2.88. The maximum absolute atomic E-state index is 12.8. The molecule has 4 amide bonds. The first kappa shape index (κ1) is 31.2.